The van der Waals surface area contributed by atoms with E-state index < -0.39 is 5.54 Å². The molecule has 0 saturated heterocycles. The Morgan fingerprint density at radius 2 is 1.17 bits per heavy atom. The molecule has 12 heavy (non-hydrogen) atoms. The first-order valence-corrected chi connectivity index (χ1v) is 4.00. The van der Waals surface area contributed by atoms with Crippen LogP contribution in [0.1, 0.15) is 34.6 Å². The molecule has 0 radical (unpaired) electrons. The van der Waals surface area contributed by atoms with Crippen LogP contribution in [0.25, 0.3) is 5.73 Å². The Kier molecular flexibility index (Phi) is 3.80. The number of rotatable bonds is 0. The average molecular weight is 173 g/mol. The molecule has 0 unspecified atom stereocenters. The second kappa shape index (κ2) is 3.67. The van der Waals surface area contributed by atoms with Gasteiger partial charge < -0.3 is 5.73 Å². The Balaban J connectivity index is 0.00000121. The molecule has 1 rings (SSSR count). The van der Waals surface area contributed by atoms with Gasteiger partial charge in [-0.1, -0.05) is 34.8 Å². The van der Waals surface area contributed by atoms with Gasteiger partial charge in [-0.15, -0.1) is 0 Å². The Morgan fingerprint density at radius 1 is 0.917 bits per heavy atom. The van der Waals surface area contributed by atoms with Gasteiger partial charge in [-0.25, -0.2) is 0 Å². The first kappa shape index (κ1) is 12.4. The monoisotopic (exact) mass is 173 g/mol. The summed E-state index contributed by atoms with van der Waals surface area (Å²) in [5.41, 5.74) is 12.6. The topological polar surface area (TPSA) is 23.8 Å². The summed E-state index contributed by atoms with van der Waals surface area (Å²) in [6, 6.07) is 0. The fourth-order valence-electron chi connectivity index (χ4n) is 1.59. The predicted molar refractivity (Wildman–Crippen MR) is 49.5 cm³/mol. The maximum Gasteiger partial charge on any atom is 1.00 e. The van der Waals surface area contributed by atoms with Crippen LogP contribution < -0.4 is 29.6 Å². The average Bonchev–Trinajstić information content (AvgIpc) is 2.06. The van der Waals surface area contributed by atoms with Crippen LogP contribution in [0.4, 0.5) is 0 Å². The SMILES string of the molecule is CC1=C(C)C(C)([NH-])C(C)=C1C.[Na+]. The maximum atomic E-state index is 8.04. The molecule has 1 N–H and O–H groups in total. The van der Waals surface area contributed by atoms with E-state index in [1.165, 1.54) is 22.3 Å². The van der Waals surface area contributed by atoms with Crippen molar-refractivity contribution < 1.29 is 29.6 Å². The van der Waals surface area contributed by atoms with Crippen LogP contribution in [-0.2, 0) is 0 Å². The zero-order valence-electron chi connectivity index (χ0n) is 9.00. The molecular formula is C10H16NNa. The molecule has 0 aromatic heterocycles. The molecule has 0 aliphatic heterocycles. The Morgan fingerprint density at radius 3 is 1.25 bits per heavy atom. The molecule has 1 aliphatic rings. The van der Waals surface area contributed by atoms with Gasteiger partial charge in [-0.3, -0.25) is 0 Å². The molecule has 1 aliphatic carbocycles. The minimum atomic E-state index is -0.436. The molecule has 0 spiro atoms. The second-order valence-corrected chi connectivity index (χ2v) is 3.62. The van der Waals surface area contributed by atoms with Gasteiger partial charge in [0.1, 0.15) is 0 Å². The summed E-state index contributed by atoms with van der Waals surface area (Å²) < 4.78 is 0. The Bertz CT molecular complexity index is 233. The van der Waals surface area contributed by atoms with E-state index in [1.807, 2.05) is 6.92 Å². The molecule has 0 fully saturated rings. The van der Waals surface area contributed by atoms with Crippen LogP contribution in [0.3, 0.4) is 0 Å². The molecule has 0 atom stereocenters. The standard InChI is InChI=1S/C10H16N.Na/c1-6-7(2)9(4)10(5,11)8(6)3;/h11H,1-5H3;/q-1;+1. The van der Waals surface area contributed by atoms with E-state index in [2.05, 4.69) is 27.7 Å². The van der Waals surface area contributed by atoms with E-state index in [9.17, 15) is 0 Å². The molecular weight excluding hydrogens is 157 g/mol. The third kappa shape index (κ3) is 1.56. The zero-order valence-corrected chi connectivity index (χ0v) is 11.0. The molecule has 0 saturated carbocycles. The predicted octanol–water partition coefficient (Wildman–Crippen LogP) is 0.488. The van der Waals surface area contributed by atoms with Gasteiger partial charge in [0.15, 0.2) is 0 Å². The van der Waals surface area contributed by atoms with E-state index in [4.69, 9.17) is 5.73 Å². The Labute approximate surface area is 97.4 Å². The minimum Gasteiger partial charge on any atom is -0.665 e. The van der Waals surface area contributed by atoms with Crippen molar-refractivity contribution in [1.82, 2.24) is 0 Å². The zero-order chi connectivity index (χ0) is 8.81. The van der Waals surface area contributed by atoms with Crippen molar-refractivity contribution in [2.45, 2.75) is 40.2 Å². The number of nitrogens with one attached hydrogen (secondary N) is 1. The first-order chi connectivity index (χ1) is 4.89. The molecule has 2 heteroatoms. The van der Waals surface area contributed by atoms with Crippen molar-refractivity contribution in [2.24, 2.45) is 0 Å². The third-order valence-corrected chi connectivity index (χ3v) is 3.19. The normalized spacial score (nSPS) is 21.5. The van der Waals surface area contributed by atoms with Crippen LogP contribution in [0.2, 0.25) is 0 Å². The van der Waals surface area contributed by atoms with Crippen molar-refractivity contribution in [3.8, 4) is 0 Å². The van der Waals surface area contributed by atoms with E-state index in [1.54, 1.807) is 0 Å². The summed E-state index contributed by atoms with van der Waals surface area (Å²) >= 11 is 0. The van der Waals surface area contributed by atoms with Crippen LogP contribution in [0.5, 0.6) is 0 Å². The van der Waals surface area contributed by atoms with Gasteiger partial charge >= 0.3 is 29.6 Å². The van der Waals surface area contributed by atoms with Crippen LogP contribution in [0.15, 0.2) is 22.3 Å². The summed E-state index contributed by atoms with van der Waals surface area (Å²) in [4.78, 5) is 0. The first-order valence-electron chi connectivity index (χ1n) is 4.00. The third-order valence-electron chi connectivity index (χ3n) is 3.19. The van der Waals surface area contributed by atoms with Gasteiger partial charge in [-0.05, 0) is 27.7 Å². The molecule has 0 aromatic rings. The molecule has 0 amide bonds. The van der Waals surface area contributed by atoms with Crippen molar-refractivity contribution in [3.05, 3.63) is 28.0 Å². The van der Waals surface area contributed by atoms with Gasteiger partial charge in [0.05, 0.1) is 0 Å². The Hall–Kier alpha value is 0.440. The molecule has 1 nitrogen and oxygen atoms in total. The summed E-state index contributed by atoms with van der Waals surface area (Å²) in [5, 5.41) is 0. The minimum absolute atomic E-state index is 0. The molecule has 0 bridgehead atoms. The van der Waals surface area contributed by atoms with Crippen molar-refractivity contribution in [2.75, 3.05) is 0 Å². The number of hydrogen-bond donors (Lipinski definition) is 0. The largest absolute Gasteiger partial charge is 1.00 e. The molecule has 0 heterocycles. The van der Waals surface area contributed by atoms with Gasteiger partial charge in [-0.2, -0.15) is 0 Å². The van der Waals surface area contributed by atoms with Crippen molar-refractivity contribution in [3.63, 3.8) is 0 Å². The van der Waals surface area contributed by atoms with Crippen LogP contribution in [0, 0.1) is 0 Å². The summed E-state index contributed by atoms with van der Waals surface area (Å²) in [5.74, 6) is 0. The van der Waals surface area contributed by atoms with E-state index in [0.717, 1.165) is 0 Å². The van der Waals surface area contributed by atoms with Gasteiger partial charge in [0.2, 0.25) is 0 Å². The van der Waals surface area contributed by atoms with Crippen LogP contribution in [-0.4, -0.2) is 5.54 Å². The maximum absolute atomic E-state index is 8.04. The van der Waals surface area contributed by atoms with Crippen LogP contribution >= 0.6 is 0 Å². The number of allylic oxidation sites excluding steroid dienone is 2. The van der Waals surface area contributed by atoms with E-state index >= 15 is 0 Å². The van der Waals surface area contributed by atoms with E-state index in [-0.39, 0.29) is 29.6 Å². The second-order valence-electron chi connectivity index (χ2n) is 3.62. The van der Waals surface area contributed by atoms with Gasteiger partial charge in [0.25, 0.3) is 0 Å². The van der Waals surface area contributed by atoms with E-state index in [0.29, 0.717) is 0 Å². The van der Waals surface area contributed by atoms with Crippen molar-refractivity contribution >= 4 is 0 Å². The fourth-order valence-corrected chi connectivity index (χ4v) is 1.59. The molecule has 0 aromatic carbocycles. The van der Waals surface area contributed by atoms with Crippen molar-refractivity contribution in [1.29, 1.82) is 0 Å². The summed E-state index contributed by atoms with van der Waals surface area (Å²) in [6.07, 6.45) is 0. The quantitative estimate of drug-likeness (QED) is 0.476. The van der Waals surface area contributed by atoms with Gasteiger partial charge in [0, 0.05) is 0 Å². The summed E-state index contributed by atoms with van der Waals surface area (Å²) in [7, 11) is 0. The number of hydrogen-bond acceptors (Lipinski definition) is 0. The fraction of sp³-hybridized carbons (Fsp3) is 0.600. The summed E-state index contributed by atoms with van der Waals surface area (Å²) in [6.45, 7) is 10.3. The molecule has 62 valence electrons. The smallest absolute Gasteiger partial charge is 0.665 e.